The van der Waals surface area contributed by atoms with Crippen molar-refractivity contribution in [1.82, 2.24) is 10.0 Å². The minimum Gasteiger partial charge on any atom is -0.484 e. The normalized spacial score (nSPS) is 17.1. The van der Waals surface area contributed by atoms with Gasteiger partial charge in [0.25, 0.3) is 11.8 Å². The molecule has 9 nitrogen and oxygen atoms in total. The summed E-state index contributed by atoms with van der Waals surface area (Å²) in [5.41, 5.74) is 1.67. The molecule has 5 rings (SSSR count). The molecule has 1 saturated carbocycles. The van der Waals surface area contributed by atoms with Crippen LogP contribution in [0.5, 0.6) is 11.5 Å². The molecule has 1 heterocycles. The van der Waals surface area contributed by atoms with Crippen LogP contribution in [0, 0.1) is 0 Å². The summed E-state index contributed by atoms with van der Waals surface area (Å²) >= 11 is 0. The first-order valence-corrected chi connectivity index (χ1v) is 15.0. The molecular formula is C30H33N3O6S. The van der Waals surface area contributed by atoms with Crippen LogP contribution in [0.4, 0.5) is 5.69 Å². The van der Waals surface area contributed by atoms with Crippen molar-refractivity contribution in [3.63, 3.8) is 0 Å². The number of hydrogen-bond acceptors (Lipinski definition) is 6. The van der Waals surface area contributed by atoms with Gasteiger partial charge in [-0.3, -0.25) is 9.59 Å². The third-order valence-corrected chi connectivity index (χ3v) is 8.63. The van der Waals surface area contributed by atoms with Crippen LogP contribution in [0.3, 0.4) is 0 Å². The van der Waals surface area contributed by atoms with Crippen molar-refractivity contribution in [2.24, 2.45) is 0 Å². The van der Waals surface area contributed by atoms with Gasteiger partial charge in [0.05, 0.1) is 17.1 Å². The van der Waals surface area contributed by atoms with Crippen LogP contribution in [-0.2, 0) is 26.0 Å². The van der Waals surface area contributed by atoms with Gasteiger partial charge in [0.15, 0.2) is 12.7 Å². The summed E-state index contributed by atoms with van der Waals surface area (Å²) in [5, 5.41) is 2.90. The number of anilines is 1. The van der Waals surface area contributed by atoms with E-state index >= 15 is 0 Å². The number of ether oxygens (including phenoxy) is 2. The fraction of sp³-hybridized carbons (Fsp3) is 0.333. The molecule has 2 amide bonds. The van der Waals surface area contributed by atoms with E-state index < -0.39 is 16.1 Å². The molecule has 2 aliphatic rings. The molecule has 0 spiro atoms. The van der Waals surface area contributed by atoms with E-state index in [2.05, 4.69) is 10.0 Å². The van der Waals surface area contributed by atoms with Crippen LogP contribution in [0.2, 0.25) is 0 Å². The molecule has 3 aromatic carbocycles. The maximum Gasteiger partial charge on any atom is 0.265 e. The lowest BCUT2D eigenvalue weighted by molar-refractivity contribution is -0.128. The Morgan fingerprint density at radius 3 is 2.38 bits per heavy atom. The van der Waals surface area contributed by atoms with Crippen molar-refractivity contribution in [3.05, 3.63) is 84.4 Å². The predicted molar refractivity (Wildman–Crippen MR) is 151 cm³/mol. The molecule has 210 valence electrons. The third-order valence-electron chi connectivity index (χ3n) is 7.10. The Balaban J connectivity index is 1.18. The lowest BCUT2D eigenvalue weighted by Gasteiger charge is -2.34. The topological polar surface area (TPSA) is 114 Å². The van der Waals surface area contributed by atoms with E-state index in [-0.39, 0.29) is 35.9 Å². The van der Waals surface area contributed by atoms with Crippen LogP contribution in [0.15, 0.2) is 83.8 Å². The van der Waals surface area contributed by atoms with E-state index in [0.717, 1.165) is 31.2 Å². The smallest absolute Gasteiger partial charge is 0.265 e. The monoisotopic (exact) mass is 563 g/mol. The zero-order chi connectivity index (χ0) is 28.0. The first-order chi connectivity index (χ1) is 19.4. The number of carbonyl (C=O) groups is 2. The molecule has 1 unspecified atom stereocenters. The van der Waals surface area contributed by atoms with Gasteiger partial charge in [-0.25, -0.2) is 13.1 Å². The second kappa shape index (κ2) is 12.5. The number of fused-ring (bicyclic) bond motifs is 1. The SMILES string of the molecule is O=C(NCCc1ccccc1)C1CN(C(=O)COc2ccc(S(=O)(=O)NC3CCCC3)cc2)c2ccccc2O1. The Kier molecular flexibility index (Phi) is 8.66. The van der Waals surface area contributed by atoms with Crippen LogP contribution >= 0.6 is 0 Å². The van der Waals surface area contributed by atoms with Crippen molar-refractivity contribution in [1.29, 1.82) is 0 Å². The van der Waals surface area contributed by atoms with Gasteiger partial charge in [0.1, 0.15) is 11.5 Å². The van der Waals surface area contributed by atoms with E-state index in [4.69, 9.17) is 9.47 Å². The van der Waals surface area contributed by atoms with Crippen LogP contribution < -0.4 is 24.4 Å². The van der Waals surface area contributed by atoms with Gasteiger partial charge in [-0.2, -0.15) is 0 Å². The van der Waals surface area contributed by atoms with Crippen molar-refractivity contribution in [2.45, 2.75) is 49.1 Å². The fourth-order valence-corrected chi connectivity index (χ4v) is 6.27. The molecule has 40 heavy (non-hydrogen) atoms. The number of para-hydroxylation sites is 2. The Morgan fingerprint density at radius 1 is 0.925 bits per heavy atom. The quantitative estimate of drug-likeness (QED) is 0.391. The summed E-state index contributed by atoms with van der Waals surface area (Å²) in [7, 11) is -3.61. The van der Waals surface area contributed by atoms with E-state index in [9.17, 15) is 18.0 Å². The molecule has 0 bridgehead atoms. The lowest BCUT2D eigenvalue weighted by atomic mass is 10.1. The van der Waals surface area contributed by atoms with Crippen molar-refractivity contribution in [3.8, 4) is 11.5 Å². The number of carbonyl (C=O) groups excluding carboxylic acids is 2. The van der Waals surface area contributed by atoms with Gasteiger partial charge >= 0.3 is 0 Å². The second-order valence-electron chi connectivity index (χ2n) is 9.97. The van der Waals surface area contributed by atoms with Gasteiger partial charge < -0.3 is 19.7 Å². The number of hydrogen-bond donors (Lipinski definition) is 2. The molecule has 3 aromatic rings. The van der Waals surface area contributed by atoms with Crippen molar-refractivity contribution < 1.29 is 27.5 Å². The Labute approximate surface area is 234 Å². The molecule has 2 N–H and O–H groups in total. The molecule has 1 atom stereocenters. The molecule has 0 saturated heterocycles. The van der Waals surface area contributed by atoms with Gasteiger partial charge in [0.2, 0.25) is 10.0 Å². The Bertz CT molecular complexity index is 1420. The highest BCUT2D eigenvalue weighted by Crippen LogP contribution is 2.33. The summed E-state index contributed by atoms with van der Waals surface area (Å²) < 4.78 is 39.7. The average Bonchev–Trinajstić information content (AvgIpc) is 3.48. The molecule has 0 radical (unpaired) electrons. The average molecular weight is 564 g/mol. The highest BCUT2D eigenvalue weighted by atomic mass is 32.2. The predicted octanol–water partition coefficient (Wildman–Crippen LogP) is 3.44. The zero-order valence-corrected chi connectivity index (χ0v) is 22.9. The van der Waals surface area contributed by atoms with Crippen molar-refractivity contribution in [2.75, 3.05) is 24.6 Å². The highest BCUT2D eigenvalue weighted by molar-refractivity contribution is 7.89. The van der Waals surface area contributed by atoms with Crippen molar-refractivity contribution >= 4 is 27.5 Å². The number of amides is 2. The van der Waals surface area contributed by atoms with E-state index in [1.807, 2.05) is 30.3 Å². The lowest BCUT2D eigenvalue weighted by Crippen LogP contribution is -2.52. The summed E-state index contributed by atoms with van der Waals surface area (Å²) in [6, 6.07) is 22.9. The molecular weight excluding hydrogens is 530 g/mol. The molecule has 1 fully saturated rings. The number of nitrogens with one attached hydrogen (secondary N) is 2. The van der Waals surface area contributed by atoms with Gasteiger partial charge in [0, 0.05) is 12.6 Å². The number of benzene rings is 3. The van der Waals surface area contributed by atoms with E-state index in [1.165, 1.54) is 29.2 Å². The van der Waals surface area contributed by atoms with Gasteiger partial charge in [-0.15, -0.1) is 0 Å². The largest absolute Gasteiger partial charge is 0.484 e. The standard InChI is InChI=1S/C30H33N3O6S/c34-29(21-38-24-14-16-25(17-15-24)40(36,37)32-23-10-4-5-11-23)33-20-28(39-27-13-7-6-12-26(27)33)30(35)31-19-18-22-8-2-1-3-9-22/h1-3,6-9,12-17,23,28,32H,4-5,10-11,18-21H2,(H,31,35). The first kappa shape index (κ1) is 27.7. The van der Waals surface area contributed by atoms with Crippen LogP contribution in [-0.4, -0.2) is 52.1 Å². The zero-order valence-electron chi connectivity index (χ0n) is 22.1. The van der Waals surface area contributed by atoms with E-state index in [0.29, 0.717) is 30.2 Å². The highest BCUT2D eigenvalue weighted by Gasteiger charge is 2.34. The Hall–Kier alpha value is -3.89. The third kappa shape index (κ3) is 6.81. The maximum absolute atomic E-state index is 13.2. The fourth-order valence-electron chi connectivity index (χ4n) is 4.96. The summed E-state index contributed by atoms with van der Waals surface area (Å²) in [6.45, 7) is 0.201. The van der Waals surface area contributed by atoms with Gasteiger partial charge in [-0.1, -0.05) is 55.3 Å². The van der Waals surface area contributed by atoms with E-state index in [1.54, 1.807) is 24.3 Å². The number of sulfonamides is 1. The molecule has 0 aromatic heterocycles. The maximum atomic E-state index is 13.2. The molecule has 1 aliphatic carbocycles. The first-order valence-electron chi connectivity index (χ1n) is 13.5. The molecule has 10 heteroatoms. The minimum atomic E-state index is -3.61. The summed E-state index contributed by atoms with van der Waals surface area (Å²) in [4.78, 5) is 27.8. The van der Waals surface area contributed by atoms with Crippen LogP contribution in [0.1, 0.15) is 31.2 Å². The van der Waals surface area contributed by atoms with Crippen LogP contribution in [0.25, 0.3) is 0 Å². The number of nitrogens with zero attached hydrogens (tertiary/aromatic N) is 1. The summed E-state index contributed by atoms with van der Waals surface area (Å²) in [6.07, 6.45) is 3.57. The number of rotatable bonds is 10. The Morgan fingerprint density at radius 2 is 1.62 bits per heavy atom. The second-order valence-corrected chi connectivity index (χ2v) is 11.7. The minimum absolute atomic E-state index is 0.0234. The molecule has 1 aliphatic heterocycles. The van der Waals surface area contributed by atoms with Gasteiger partial charge in [-0.05, 0) is 61.2 Å². The summed E-state index contributed by atoms with van der Waals surface area (Å²) in [5.74, 6) is 0.157.